The molecule has 292 valence electrons. The molecule has 0 spiro atoms. The highest BCUT2D eigenvalue weighted by Crippen LogP contribution is 2.50. The number of carbonyl (C=O) groups excluding carboxylic acids is 2. The zero-order valence-corrected chi connectivity index (χ0v) is 30.3. The van der Waals surface area contributed by atoms with E-state index < -0.39 is 78.7 Å². The second-order valence-corrected chi connectivity index (χ2v) is 14.8. The number of alkyl halides is 7. The summed E-state index contributed by atoms with van der Waals surface area (Å²) in [7, 11) is 0. The molecule has 2 aromatic heterocycles. The molecule has 3 aromatic rings. The third-order valence-corrected chi connectivity index (χ3v) is 9.69. The maximum atomic E-state index is 15.8. The predicted octanol–water partition coefficient (Wildman–Crippen LogP) is 7.69. The van der Waals surface area contributed by atoms with Gasteiger partial charge in [-0.1, -0.05) is 42.8 Å². The van der Waals surface area contributed by atoms with Crippen LogP contribution >= 0.6 is 11.6 Å². The fourth-order valence-electron chi connectivity index (χ4n) is 6.45. The van der Waals surface area contributed by atoms with Crippen LogP contribution in [0, 0.1) is 10.8 Å². The minimum absolute atomic E-state index is 0.0509. The molecule has 3 atom stereocenters. The molecule has 0 bridgehead atoms. The molecule has 0 radical (unpaired) electrons. The van der Waals surface area contributed by atoms with Crippen LogP contribution in [-0.2, 0) is 9.53 Å². The van der Waals surface area contributed by atoms with Crippen molar-refractivity contribution < 1.29 is 45.1 Å². The van der Waals surface area contributed by atoms with E-state index in [0.717, 1.165) is 31.3 Å². The number of nitrogens with zero attached hydrogens (tertiary/aromatic N) is 6. The highest BCUT2D eigenvalue weighted by molar-refractivity contribution is 6.33. The van der Waals surface area contributed by atoms with Crippen LogP contribution in [0.1, 0.15) is 77.7 Å². The molecular formula is C34H37ClF7N9O3. The van der Waals surface area contributed by atoms with Crippen LogP contribution in [0.4, 0.5) is 35.5 Å². The third-order valence-electron chi connectivity index (χ3n) is 9.36. The Kier molecular flexibility index (Phi) is 11.0. The standard InChI is InChI=1S/C34H37ClF7N9O3/c1-31(2,42)16-34(33(5)10-8-18(9-11-33)20-13-45-49(14-20)27(38)39)26(52)50(29(43)47-34)23(15-54-30(53)48-32(3,4)25(36)37)19-6-7-22(35)21(12-19)24-44-17-46-51(24)28(40)41/h6-10,12-14,17,23,25,27-28H,11,15-16H2,1-5H3,(H2,43,47)(H,48,53)/t23-,33?,34+/m1/s1. The molecule has 20 heteroatoms. The molecule has 3 heterocycles. The summed E-state index contributed by atoms with van der Waals surface area (Å²) in [4.78, 5) is 32.6. The largest absolute Gasteiger partial charge is 0.447 e. The first-order chi connectivity index (χ1) is 25.1. The first-order valence-corrected chi connectivity index (χ1v) is 16.8. The fraction of sp³-hybridized carbons (Fsp3) is 0.471. The van der Waals surface area contributed by atoms with Gasteiger partial charge in [-0.05, 0) is 57.4 Å². The first kappa shape index (κ1) is 40.2. The Morgan fingerprint density at radius 3 is 2.41 bits per heavy atom. The van der Waals surface area contributed by atoms with Crippen molar-refractivity contribution in [2.24, 2.45) is 5.41 Å². The van der Waals surface area contributed by atoms with Crippen LogP contribution in [0.15, 0.2) is 55.1 Å². The van der Waals surface area contributed by atoms with E-state index >= 15 is 4.39 Å². The Balaban J connectivity index is 1.57. The Morgan fingerprint density at radius 2 is 1.83 bits per heavy atom. The van der Waals surface area contributed by atoms with Gasteiger partial charge in [-0.25, -0.2) is 27.6 Å². The molecule has 2 aliphatic rings. The van der Waals surface area contributed by atoms with E-state index in [1.54, 1.807) is 25.2 Å². The van der Waals surface area contributed by atoms with Crippen molar-refractivity contribution in [1.82, 2.24) is 40.1 Å². The van der Waals surface area contributed by atoms with E-state index in [0.29, 0.717) is 20.5 Å². The molecule has 2 amide bonds. The number of amides is 2. The Hall–Kier alpha value is -4.94. The summed E-state index contributed by atoms with van der Waals surface area (Å²) < 4.78 is 103. The van der Waals surface area contributed by atoms with Gasteiger partial charge in [0, 0.05) is 29.2 Å². The van der Waals surface area contributed by atoms with Crippen molar-refractivity contribution in [3.63, 3.8) is 0 Å². The minimum atomic E-state index is -3.12. The number of benzene rings is 1. The van der Waals surface area contributed by atoms with Gasteiger partial charge in [0.25, 0.3) is 12.3 Å². The van der Waals surface area contributed by atoms with Gasteiger partial charge in [-0.3, -0.25) is 15.1 Å². The summed E-state index contributed by atoms with van der Waals surface area (Å²) >= 11 is 6.40. The van der Waals surface area contributed by atoms with Crippen LogP contribution in [0.5, 0.6) is 0 Å². The predicted molar refractivity (Wildman–Crippen MR) is 183 cm³/mol. The lowest BCUT2D eigenvalue weighted by atomic mass is 9.62. The average Bonchev–Trinajstić information content (AvgIpc) is 3.81. The highest BCUT2D eigenvalue weighted by atomic mass is 35.5. The summed E-state index contributed by atoms with van der Waals surface area (Å²) in [5.41, 5.74) is -6.35. The number of ether oxygens (including phenoxy) is 1. The van der Waals surface area contributed by atoms with E-state index in [-0.39, 0.29) is 28.4 Å². The zero-order valence-electron chi connectivity index (χ0n) is 29.6. The Morgan fingerprint density at radius 1 is 1.13 bits per heavy atom. The number of aromatic nitrogens is 5. The highest BCUT2D eigenvalue weighted by Gasteiger charge is 2.62. The third kappa shape index (κ3) is 7.81. The monoisotopic (exact) mass is 787 g/mol. The minimum Gasteiger partial charge on any atom is -0.447 e. The van der Waals surface area contributed by atoms with Gasteiger partial charge in [-0.15, -0.1) is 0 Å². The number of allylic oxidation sites excluding steroid dienone is 3. The van der Waals surface area contributed by atoms with Gasteiger partial charge < -0.3 is 15.4 Å². The molecule has 1 aromatic carbocycles. The number of hydrogen-bond acceptors (Lipinski definition) is 7. The number of guanidine groups is 1. The molecule has 0 saturated carbocycles. The van der Waals surface area contributed by atoms with E-state index in [4.69, 9.17) is 21.7 Å². The van der Waals surface area contributed by atoms with Gasteiger partial charge in [0.2, 0.25) is 0 Å². The van der Waals surface area contributed by atoms with E-state index in [9.17, 15) is 35.9 Å². The molecule has 54 heavy (non-hydrogen) atoms. The maximum absolute atomic E-state index is 15.8. The lowest BCUT2D eigenvalue weighted by Gasteiger charge is -2.45. The van der Waals surface area contributed by atoms with Crippen molar-refractivity contribution in [3.05, 3.63) is 71.3 Å². The Labute approximate surface area is 309 Å². The zero-order chi connectivity index (χ0) is 40.0. The smallest absolute Gasteiger partial charge is 0.407 e. The quantitative estimate of drug-likeness (QED) is 0.151. The molecule has 1 aliphatic carbocycles. The molecule has 1 unspecified atom stereocenters. The van der Waals surface area contributed by atoms with E-state index in [2.05, 4.69) is 20.5 Å². The number of rotatable bonds is 13. The summed E-state index contributed by atoms with van der Waals surface area (Å²) in [6.45, 7) is -0.508. The summed E-state index contributed by atoms with van der Waals surface area (Å²) in [6.07, 6.45) is 3.39. The SMILES string of the molecule is CC(C)(F)C[C@]1(C2(C)C=CC(c3cnn(C(F)F)c3)=CC2)NC(=N)N([C@H](COC(=O)NC(C)(C)C(F)F)c2ccc(Cl)c(-c3ncnn3C(F)F)c2)C1=O. The number of hydrogen-bond donors (Lipinski definition) is 3. The lowest BCUT2D eigenvalue weighted by Crippen LogP contribution is -2.61. The van der Waals surface area contributed by atoms with Gasteiger partial charge in [0.05, 0.1) is 22.8 Å². The summed E-state index contributed by atoms with van der Waals surface area (Å²) in [5, 5.41) is 21.1. The van der Waals surface area contributed by atoms with Crippen molar-refractivity contribution in [1.29, 1.82) is 5.41 Å². The molecule has 5 rings (SSSR count). The van der Waals surface area contributed by atoms with Crippen LogP contribution in [0.2, 0.25) is 5.02 Å². The van der Waals surface area contributed by atoms with Crippen molar-refractivity contribution in [2.75, 3.05) is 6.61 Å². The van der Waals surface area contributed by atoms with Gasteiger partial charge in [-0.2, -0.15) is 32.4 Å². The van der Waals surface area contributed by atoms with Gasteiger partial charge in [0.15, 0.2) is 11.8 Å². The number of nitrogens with one attached hydrogen (secondary N) is 3. The van der Waals surface area contributed by atoms with Crippen molar-refractivity contribution in [3.8, 4) is 11.4 Å². The van der Waals surface area contributed by atoms with Gasteiger partial charge in [0.1, 0.15) is 24.1 Å². The number of halogens is 8. The number of alkyl carbamates (subject to hydrolysis) is 1. The lowest BCUT2D eigenvalue weighted by molar-refractivity contribution is -0.138. The normalized spacial score (nSPS) is 21.3. The average molecular weight is 788 g/mol. The van der Waals surface area contributed by atoms with Crippen LogP contribution in [0.25, 0.3) is 17.0 Å². The van der Waals surface area contributed by atoms with E-state index in [1.165, 1.54) is 38.2 Å². The van der Waals surface area contributed by atoms with Crippen LogP contribution in [0.3, 0.4) is 0 Å². The van der Waals surface area contributed by atoms with Gasteiger partial charge >= 0.3 is 19.2 Å². The van der Waals surface area contributed by atoms with Crippen molar-refractivity contribution in [2.45, 2.75) is 89.8 Å². The topological polar surface area (TPSA) is 143 Å². The second kappa shape index (κ2) is 14.7. The Bertz CT molecular complexity index is 1980. The molecule has 12 nitrogen and oxygen atoms in total. The second-order valence-electron chi connectivity index (χ2n) is 14.4. The number of carbonyl (C=O) groups is 2. The van der Waals surface area contributed by atoms with E-state index in [1.807, 2.05) is 5.32 Å². The van der Waals surface area contributed by atoms with Crippen LogP contribution < -0.4 is 10.6 Å². The maximum Gasteiger partial charge on any atom is 0.407 e. The molecule has 1 aliphatic heterocycles. The van der Waals surface area contributed by atoms with Crippen molar-refractivity contribution >= 4 is 35.1 Å². The first-order valence-electron chi connectivity index (χ1n) is 16.4. The summed E-state index contributed by atoms with van der Waals surface area (Å²) in [6, 6.07) is 2.51. The van der Waals surface area contributed by atoms with Crippen LogP contribution in [-0.4, -0.2) is 77.2 Å². The molecule has 1 fully saturated rings. The molecule has 1 saturated heterocycles. The molecular weight excluding hydrogens is 751 g/mol. The summed E-state index contributed by atoms with van der Waals surface area (Å²) in [5.74, 6) is -1.76. The molecule has 3 N–H and O–H groups in total. The fourth-order valence-corrected chi connectivity index (χ4v) is 6.65.